The molecule has 7 nitrogen and oxygen atoms in total. The van der Waals surface area contributed by atoms with Crippen LogP contribution in [0.2, 0.25) is 0 Å². The Morgan fingerprint density at radius 2 is 1.81 bits per heavy atom. The van der Waals surface area contributed by atoms with Gasteiger partial charge in [-0.1, -0.05) is 68.5 Å². The van der Waals surface area contributed by atoms with E-state index in [0.29, 0.717) is 19.3 Å². The van der Waals surface area contributed by atoms with Crippen molar-refractivity contribution in [1.29, 1.82) is 0 Å². The SMILES string of the molecule is CC(=O)O[C@H]1[C@@H]2C=CC[C@H](C)C[C@@](C)(O)C=C[C@@H](O)[C@]23C(=O)N[C@@H](Cc2ccccc2)[C@@H]3[C@H](C)[C@]1(C)O. The molecule has 37 heavy (non-hydrogen) atoms. The highest BCUT2D eigenvalue weighted by Crippen LogP contribution is 2.60. The molecule has 2 fully saturated rings. The third kappa shape index (κ3) is 4.89. The summed E-state index contributed by atoms with van der Waals surface area (Å²) in [4.78, 5) is 26.4. The minimum atomic E-state index is -1.46. The Bertz CT molecular complexity index is 1060. The Kier molecular flexibility index (Phi) is 7.45. The first-order chi connectivity index (χ1) is 17.3. The number of hydrogen-bond donors (Lipinski definition) is 4. The molecule has 2 aliphatic carbocycles. The van der Waals surface area contributed by atoms with Gasteiger partial charge in [0.15, 0.2) is 0 Å². The molecule has 1 saturated carbocycles. The van der Waals surface area contributed by atoms with Crippen molar-refractivity contribution >= 4 is 11.9 Å². The van der Waals surface area contributed by atoms with Gasteiger partial charge in [0.1, 0.15) is 11.7 Å². The van der Waals surface area contributed by atoms with Crippen molar-refractivity contribution in [2.45, 2.75) is 83.3 Å². The number of hydrogen-bond acceptors (Lipinski definition) is 6. The molecule has 4 N–H and O–H groups in total. The van der Waals surface area contributed by atoms with Gasteiger partial charge in [0.05, 0.1) is 17.1 Å². The molecule has 202 valence electrons. The van der Waals surface area contributed by atoms with Crippen LogP contribution in [-0.4, -0.2) is 56.6 Å². The summed E-state index contributed by atoms with van der Waals surface area (Å²) in [6.07, 6.45) is 6.17. The fraction of sp³-hybridized carbons (Fsp3) is 0.600. The van der Waals surface area contributed by atoms with Gasteiger partial charge in [0.25, 0.3) is 0 Å². The maximum atomic E-state index is 14.1. The first-order valence-electron chi connectivity index (χ1n) is 13.3. The molecule has 0 unspecified atom stereocenters. The molecule has 0 radical (unpaired) electrons. The van der Waals surface area contributed by atoms with Gasteiger partial charge in [-0.15, -0.1) is 0 Å². The van der Waals surface area contributed by atoms with Gasteiger partial charge in [-0.2, -0.15) is 0 Å². The van der Waals surface area contributed by atoms with Crippen LogP contribution in [0.25, 0.3) is 0 Å². The lowest BCUT2D eigenvalue weighted by molar-refractivity contribution is -0.225. The van der Waals surface area contributed by atoms with E-state index in [1.54, 1.807) is 19.9 Å². The Labute approximate surface area is 219 Å². The van der Waals surface area contributed by atoms with E-state index in [0.717, 1.165) is 5.56 Å². The van der Waals surface area contributed by atoms with Gasteiger partial charge >= 0.3 is 5.97 Å². The summed E-state index contributed by atoms with van der Waals surface area (Å²) in [7, 11) is 0. The van der Waals surface area contributed by atoms with Crippen molar-refractivity contribution in [2.75, 3.05) is 0 Å². The van der Waals surface area contributed by atoms with E-state index in [1.807, 2.05) is 56.3 Å². The molecule has 1 saturated heterocycles. The number of esters is 1. The van der Waals surface area contributed by atoms with E-state index < -0.39 is 52.5 Å². The molecular formula is C30H41NO6. The van der Waals surface area contributed by atoms with Crippen molar-refractivity contribution in [3.8, 4) is 0 Å². The second-order valence-corrected chi connectivity index (χ2v) is 11.9. The monoisotopic (exact) mass is 511 g/mol. The molecule has 3 aliphatic rings. The summed E-state index contributed by atoms with van der Waals surface area (Å²) >= 11 is 0. The highest BCUT2D eigenvalue weighted by molar-refractivity contribution is 5.88. The quantitative estimate of drug-likeness (QED) is 0.366. The third-order valence-corrected chi connectivity index (χ3v) is 8.97. The van der Waals surface area contributed by atoms with Gasteiger partial charge < -0.3 is 25.4 Å². The number of benzene rings is 1. The zero-order valence-corrected chi connectivity index (χ0v) is 22.4. The van der Waals surface area contributed by atoms with E-state index >= 15 is 0 Å². The molecule has 0 bridgehead atoms. The van der Waals surface area contributed by atoms with Gasteiger partial charge in [-0.25, -0.2) is 0 Å². The smallest absolute Gasteiger partial charge is 0.303 e. The van der Waals surface area contributed by atoms with Gasteiger partial charge in [0.2, 0.25) is 5.91 Å². The number of aliphatic hydroxyl groups is 3. The first kappa shape index (κ1) is 27.6. The number of carbonyl (C=O) groups excluding carboxylic acids is 2. The van der Waals surface area contributed by atoms with Crippen molar-refractivity contribution in [3.63, 3.8) is 0 Å². The lowest BCUT2D eigenvalue weighted by Gasteiger charge is -2.57. The Balaban J connectivity index is 1.93. The van der Waals surface area contributed by atoms with E-state index in [-0.39, 0.29) is 17.9 Å². The summed E-state index contributed by atoms with van der Waals surface area (Å²) in [6.45, 7) is 8.54. The Morgan fingerprint density at radius 1 is 1.14 bits per heavy atom. The minimum absolute atomic E-state index is 0.122. The standard InChI is InChI=1S/C30H41NO6/c1-18-10-9-13-22-26(37-20(3)32)29(5,36)19(2)25-23(16-21-11-7-6-8-12-21)31-27(34)30(22,25)24(33)14-15-28(4,35)17-18/h6-9,11-15,18-19,22-26,33,35-36H,10,16-17H2,1-5H3,(H,31,34)/t18-,19-,22-,23-,24+,25-,26-,28-,29-,30+/m0/s1. The number of amides is 1. The van der Waals surface area contributed by atoms with E-state index in [9.17, 15) is 24.9 Å². The average molecular weight is 512 g/mol. The molecule has 4 rings (SSSR count). The van der Waals surface area contributed by atoms with E-state index in [1.165, 1.54) is 13.0 Å². The molecule has 7 heteroatoms. The topological polar surface area (TPSA) is 116 Å². The normalized spacial score (nSPS) is 43.8. The molecule has 0 aromatic heterocycles. The summed E-state index contributed by atoms with van der Waals surface area (Å²) in [5.74, 6) is -2.56. The van der Waals surface area contributed by atoms with Crippen LogP contribution in [0.5, 0.6) is 0 Å². The Hall–Kier alpha value is -2.48. The minimum Gasteiger partial charge on any atom is -0.459 e. The highest BCUT2D eigenvalue weighted by Gasteiger charge is 2.72. The predicted molar refractivity (Wildman–Crippen MR) is 140 cm³/mol. The fourth-order valence-corrected chi connectivity index (χ4v) is 7.22. The Morgan fingerprint density at radius 3 is 2.46 bits per heavy atom. The molecule has 1 aliphatic heterocycles. The lowest BCUT2D eigenvalue weighted by Crippen LogP contribution is -2.68. The largest absolute Gasteiger partial charge is 0.459 e. The zero-order valence-electron chi connectivity index (χ0n) is 22.4. The maximum absolute atomic E-state index is 14.1. The molecular weight excluding hydrogens is 470 g/mol. The van der Waals surface area contributed by atoms with Crippen LogP contribution in [-0.2, 0) is 20.7 Å². The van der Waals surface area contributed by atoms with Crippen molar-refractivity contribution in [2.24, 2.45) is 29.1 Å². The van der Waals surface area contributed by atoms with Crippen LogP contribution in [0, 0.1) is 29.1 Å². The molecule has 1 aromatic rings. The molecule has 10 atom stereocenters. The summed E-state index contributed by atoms with van der Waals surface area (Å²) < 4.78 is 5.76. The average Bonchev–Trinajstić information content (AvgIpc) is 3.09. The van der Waals surface area contributed by atoms with E-state index in [4.69, 9.17) is 4.74 Å². The fourth-order valence-electron chi connectivity index (χ4n) is 7.22. The van der Waals surface area contributed by atoms with Crippen LogP contribution in [0.15, 0.2) is 54.6 Å². The first-order valence-corrected chi connectivity index (χ1v) is 13.3. The molecule has 1 aromatic carbocycles. The number of nitrogens with one attached hydrogen (secondary N) is 1. The van der Waals surface area contributed by atoms with E-state index in [2.05, 4.69) is 5.32 Å². The van der Waals surface area contributed by atoms with Crippen molar-refractivity contribution < 1.29 is 29.6 Å². The lowest BCUT2D eigenvalue weighted by atomic mass is 9.48. The van der Waals surface area contributed by atoms with Crippen LogP contribution < -0.4 is 5.32 Å². The van der Waals surface area contributed by atoms with Crippen molar-refractivity contribution in [1.82, 2.24) is 5.32 Å². The summed E-state index contributed by atoms with van der Waals surface area (Å²) in [6, 6.07) is 9.44. The van der Waals surface area contributed by atoms with Crippen LogP contribution in [0.3, 0.4) is 0 Å². The number of aliphatic hydroxyl groups excluding tert-OH is 1. The zero-order chi connectivity index (χ0) is 27.2. The summed E-state index contributed by atoms with van der Waals surface area (Å²) in [5, 5.41) is 37.9. The van der Waals surface area contributed by atoms with Gasteiger partial charge in [-0.3, -0.25) is 9.59 Å². The van der Waals surface area contributed by atoms with Crippen LogP contribution in [0.1, 0.15) is 53.0 Å². The van der Waals surface area contributed by atoms with Gasteiger partial charge in [0, 0.05) is 24.8 Å². The second kappa shape index (κ2) is 10.0. The number of ether oxygens (including phenoxy) is 1. The maximum Gasteiger partial charge on any atom is 0.303 e. The molecule has 1 amide bonds. The van der Waals surface area contributed by atoms with Crippen molar-refractivity contribution in [3.05, 3.63) is 60.2 Å². The number of allylic oxidation sites excluding steroid dienone is 1. The number of rotatable bonds is 3. The predicted octanol–water partition coefficient (Wildman–Crippen LogP) is 2.93. The third-order valence-electron chi connectivity index (χ3n) is 8.97. The van der Waals surface area contributed by atoms with Crippen LogP contribution >= 0.6 is 0 Å². The highest BCUT2D eigenvalue weighted by atomic mass is 16.6. The van der Waals surface area contributed by atoms with Gasteiger partial charge in [-0.05, 0) is 50.5 Å². The summed E-state index contributed by atoms with van der Waals surface area (Å²) in [5.41, 5.74) is -3.02. The van der Waals surface area contributed by atoms with Crippen LogP contribution in [0.4, 0.5) is 0 Å². The molecule has 1 spiro atoms. The molecule has 1 heterocycles. The second-order valence-electron chi connectivity index (χ2n) is 11.9. The number of carbonyl (C=O) groups is 2.